The molecule has 141 heavy (non-hydrogen) atoms. The number of fused-ring (bicyclic) bond motifs is 9. The smallest absolute Gasteiger partial charge is 0.505 e. The molecule has 0 saturated carbocycles. The third-order valence-electron chi connectivity index (χ3n) is 31.5. The van der Waals surface area contributed by atoms with Crippen LogP contribution in [0.5, 0.6) is 5.75 Å². The first kappa shape index (κ1) is 118. The van der Waals surface area contributed by atoms with E-state index in [0.29, 0.717) is 5.41 Å². The molecule has 0 spiro atoms. The van der Waals surface area contributed by atoms with Crippen LogP contribution in [0.4, 0.5) is 0 Å². The van der Waals surface area contributed by atoms with Gasteiger partial charge >= 0.3 is 484 Å². The van der Waals surface area contributed by atoms with E-state index < -0.39 is 53.1 Å². The summed E-state index contributed by atoms with van der Waals surface area (Å²) in [6.45, 7) is 32.2. The van der Waals surface area contributed by atoms with Crippen molar-refractivity contribution in [2.45, 2.75) is 265 Å². The number of methoxy groups -OCH3 is 1. The Morgan fingerprint density at radius 2 is 0.631 bits per heavy atom. The normalized spacial score (nSPS) is 15.1. The molecule has 4 unspecified atom stereocenters. The molecule has 15 aromatic rings. The van der Waals surface area contributed by atoms with Crippen LogP contribution in [0.2, 0.25) is 72.1 Å². The van der Waals surface area contributed by atoms with E-state index in [4.69, 9.17) is 16.3 Å². The largest absolute Gasteiger partial charge is 4.00 e. The van der Waals surface area contributed by atoms with Crippen LogP contribution in [-0.4, -0.2) is 60.2 Å². The first-order valence-electron chi connectivity index (χ1n) is 51.2. The summed E-state index contributed by atoms with van der Waals surface area (Å²) >= 11 is -1.54. The molecule has 0 bridgehead atoms. The van der Waals surface area contributed by atoms with Gasteiger partial charge < -0.3 is 19.6 Å². The average molecular weight is 2360 g/mol. The second-order valence-electron chi connectivity index (χ2n) is 44.2. The van der Waals surface area contributed by atoms with Gasteiger partial charge in [0, 0.05) is 57.4 Å². The van der Waals surface area contributed by atoms with Crippen molar-refractivity contribution >= 4 is 130 Å². The summed E-state index contributed by atoms with van der Waals surface area (Å²) in [5, 5.41) is 16.8. The Bertz CT molecular complexity index is 6260. The zero-order valence-corrected chi connectivity index (χ0v) is 107. The molecule has 0 amide bonds. The maximum atomic E-state index is 6.15. The predicted molar refractivity (Wildman–Crippen MR) is 626 cm³/mol. The Labute approximate surface area is 926 Å². The van der Waals surface area contributed by atoms with Crippen molar-refractivity contribution in [1.82, 2.24) is 0 Å². The third kappa shape index (κ3) is 28.2. The van der Waals surface area contributed by atoms with E-state index in [1.165, 1.54) is 208 Å². The molecule has 4 aliphatic rings. The second-order valence-corrected chi connectivity index (χ2v) is 87.1. The molecule has 0 aromatic heterocycles. The molecule has 9 heteroatoms. The van der Waals surface area contributed by atoms with Crippen LogP contribution in [0.15, 0.2) is 326 Å². The second kappa shape index (κ2) is 53.1. The Kier molecular flexibility index (Phi) is 44.5. The minimum Gasteiger partial charge on any atom is -0.505 e. The van der Waals surface area contributed by atoms with E-state index in [-0.39, 0.29) is 93.5 Å². The van der Waals surface area contributed by atoms with Crippen LogP contribution in [0.3, 0.4) is 0 Å². The molecule has 0 fully saturated rings. The number of allylic oxidation sites excluding steroid dienone is 8. The fraction of sp³-hybridized carbons (Fsp3) is 0.333. The number of halogens is 1. The number of aryl methyl sites for hydroxylation is 3. The number of ether oxygens (including phenoxy) is 1. The Hall–Kier alpha value is -6.27. The molecule has 15 aromatic carbocycles. The molecular formula is C132H161ClGe4OZr3-2. The molecule has 1 nitrogen and oxygen atoms in total. The van der Waals surface area contributed by atoms with E-state index in [9.17, 15) is 0 Å². The van der Waals surface area contributed by atoms with E-state index >= 15 is 0 Å². The predicted octanol–water partition coefficient (Wildman–Crippen LogP) is 41.0. The SMILES string of the molecule is CC1=C(C)[CH]([Ge]([CH3])([CH3])[CH2]CCCCCC[CH2][Ge]([CH3])([CH3])[CH]2C(C)=C(C)c3ccccc32)c2ccccc21.CC1=C(C)[CH]([Ge]([CH3])([CH3])[CH2]CCCCCC[CH2][Ge]([CH3])([CH3])[CH]2C(C)=C(C)c3ccccc32)c2ccccc21.COc1ccc(-c2ccccc2)c2[cH-]c3cc(Cl)ccc3c12.C[c-]1ccc(C(C)(C)C)c1.Cc1cc2c(-c3ccccc3)cccc2[cH-]1.Cc1cc2c(-c3ccccc3)cccc2[cH-]1.[CH3-].[CH3-].[Zr+4].[Zr].[Zr]. The topological polar surface area (TPSA) is 9.23 Å². The van der Waals surface area contributed by atoms with Crippen molar-refractivity contribution < 1.29 is 83.3 Å². The number of hydrogen-bond acceptors (Lipinski definition) is 1. The monoisotopic (exact) mass is 2360 g/mol. The molecule has 0 radical (unpaired) electrons. The molecule has 19 rings (SSSR count). The van der Waals surface area contributed by atoms with Crippen LogP contribution in [-0.2, 0) is 84.0 Å². The van der Waals surface area contributed by atoms with Crippen molar-refractivity contribution in [3.05, 3.63) is 412 Å². The van der Waals surface area contributed by atoms with Crippen molar-refractivity contribution in [1.29, 1.82) is 0 Å². The summed E-state index contributed by atoms with van der Waals surface area (Å²) in [6.07, 6.45) is 17.3. The van der Waals surface area contributed by atoms with Gasteiger partial charge in [-0.05, 0) is 17.2 Å². The Morgan fingerprint density at radius 3 is 0.936 bits per heavy atom. The van der Waals surface area contributed by atoms with Crippen LogP contribution >= 0.6 is 11.6 Å². The van der Waals surface area contributed by atoms with Crippen molar-refractivity contribution in [2.24, 2.45) is 0 Å². The molecule has 4 atom stereocenters. The van der Waals surface area contributed by atoms with E-state index in [2.05, 4.69) is 422 Å². The van der Waals surface area contributed by atoms with Gasteiger partial charge in [-0.2, -0.15) is 35.4 Å². The summed E-state index contributed by atoms with van der Waals surface area (Å²) in [4.78, 5) is 0. The number of rotatable bonds is 26. The molecule has 0 aliphatic heterocycles. The summed E-state index contributed by atoms with van der Waals surface area (Å²) in [5.41, 5.74) is 39.1. The molecule has 4 aliphatic carbocycles. The van der Waals surface area contributed by atoms with Crippen molar-refractivity contribution in [2.75, 3.05) is 7.11 Å². The molecule has 0 N–H and O–H groups in total. The fourth-order valence-corrected chi connectivity index (χ4v) is 57.2. The zero-order valence-electron chi connectivity index (χ0n) is 90.3. The maximum absolute atomic E-state index is 6.15. The van der Waals surface area contributed by atoms with Crippen LogP contribution < -0.4 is 4.74 Å². The first-order chi connectivity index (χ1) is 65.1. The van der Waals surface area contributed by atoms with Crippen molar-refractivity contribution in [3.8, 4) is 39.1 Å². The Morgan fingerprint density at radius 1 is 0.326 bits per heavy atom. The Balaban J connectivity index is 0.000000196. The van der Waals surface area contributed by atoms with Gasteiger partial charge in [0.05, 0.1) is 12.9 Å². The van der Waals surface area contributed by atoms with Gasteiger partial charge in [0.2, 0.25) is 0 Å². The van der Waals surface area contributed by atoms with Gasteiger partial charge in [-0.1, -0.05) is 208 Å². The molecule has 732 valence electrons. The number of benzene rings is 11. The van der Waals surface area contributed by atoms with Crippen LogP contribution in [0.1, 0.15) is 239 Å². The van der Waals surface area contributed by atoms with Crippen molar-refractivity contribution in [3.63, 3.8) is 0 Å². The maximum Gasteiger partial charge on any atom is 4.00 e. The summed E-state index contributed by atoms with van der Waals surface area (Å²) in [7, 11) is 1.71. The summed E-state index contributed by atoms with van der Waals surface area (Å²) < 4.78 is 8.68. The number of unbranched alkanes of at least 4 members (excludes halogenated alkanes) is 10. The van der Waals surface area contributed by atoms with Gasteiger partial charge in [-0.15, -0.1) is 97.4 Å². The standard InChI is InChI=1S/2C34H50Ge2.C20H14ClO.2C16H13.C10H15.2CH3.3Zr/c2*1-25-27(3)33(31-21-15-13-19-29(25)31)35(5,6)23-17-11-9-10-12-18-24-36(7,8)34-28(4)26(2)30-20-14-16-22-32(30)34;1-22-19-10-9-16(13-5-3-2-4-6-13)18-12-14-11-15(21)7-8-17(14)20(18)19;2*1-12-10-14-8-5-9-15(16(14)11-12)13-6-3-2-4-7-13;1-8-5-6-9(7-8)10(2,3)4;;;;;/h2*13-16,19-22,33-34H,9-12,17-18,23-24H2,1-8H3;2-12H,1H3;2*2-11H,1H3;5-7H,1-4H3;2*1H3;;;/q;;6*-1;;;+4. The first-order valence-corrected chi connectivity index (χ1v) is 79.2. The van der Waals surface area contributed by atoms with E-state index in [1.807, 2.05) is 24.3 Å². The third-order valence-corrected chi connectivity index (χ3v) is 64.9. The minimum absolute atomic E-state index is 0. The minimum atomic E-state index is -1.92. The molecule has 0 saturated heterocycles. The number of hydrogen-bond donors (Lipinski definition) is 0. The van der Waals surface area contributed by atoms with Gasteiger partial charge in [-0.25, -0.2) is 6.07 Å². The van der Waals surface area contributed by atoms with Gasteiger partial charge in [-0.3, -0.25) is 0 Å². The van der Waals surface area contributed by atoms with E-state index in [0.717, 1.165) is 40.5 Å². The quantitative estimate of drug-likeness (QED) is 0.0298. The summed E-state index contributed by atoms with van der Waals surface area (Å²) in [6, 6.07) is 109. The van der Waals surface area contributed by atoms with Crippen LogP contribution in [0, 0.1) is 35.6 Å². The van der Waals surface area contributed by atoms with Crippen LogP contribution in [0.25, 0.3) is 98.8 Å². The molecule has 0 heterocycles. The van der Waals surface area contributed by atoms with Gasteiger partial charge in [0.1, 0.15) is 0 Å². The van der Waals surface area contributed by atoms with Gasteiger partial charge in [0.15, 0.2) is 0 Å². The fourth-order valence-electron chi connectivity index (χ4n) is 24.0. The summed E-state index contributed by atoms with van der Waals surface area (Å²) in [5.74, 6) is 22.4. The van der Waals surface area contributed by atoms with Gasteiger partial charge in [0.25, 0.3) is 0 Å². The van der Waals surface area contributed by atoms with E-state index in [1.54, 1.807) is 73.9 Å². The average Bonchev–Trinajstić information content (AvgIpc) is 1.60. The molecular weight excluding hydrogens is 2200 g/mol. The zero-order chi connectivity index (χ0) is 97.0.